The summed E-state index contributed by atoms with van der Waals surface area (Å²) >= 11 is 0. The first-order valence-corrected chi connectivity index (χ1v) is 24.9. The predicted octanol–water partition coefficient (Wildman–Crippen LogP) is 16.7. The van der Waals surface area contributed by atoms with Gasteiger partial charge in [0.25, 0.3) is 0 Å². The van der Waals surface area contributed by atoms with Gasteiger partial charge in [-0.1, -0.05) is 165 Å². The Kier molecular flexibility index (Phi) is 18.6. The molecule has 2 saturated carbocycles. The topological polar surface area (TPSA) is 56.8 Å². The molecule has 324 valence electrons. The highest BCUT2D eigenvalue weighted by Crippen LogP contribution is 2.43. The zero-order chi connectivity index (χ0) is 42.8. The molecule has 0 aromatic heterocycles. The van der Waals surface area contributed by atoms with Gasteiger partial charge in [-0.25, -0.2) is 0 Å². The van der Waals surface area contributed by atoms with E-state index in [0.717, 1.165) is 46.9 Å². The Morgan fingerprint density at radius 2 is 0.852 bits per heavy atom. The second-order valence-electron chi connectivity index (χ2n) is 18.9. The third-order valence-electron chi connectivity index (χ3n) is 14.7. The Morgan fingerprint density at radius 1 is 0.475 bits per heavy atom. The summed E-state index contributed by atoms with van der Waals surface area (Å²) in [6.07, 6.45) is 26.1. The first-order chi connectivity index (χ1) is 30.0. The van der Waals surface area contributed by atoms with Gasteiger partial charge in [-0.05, 0) is 146 Å². The fourth-order valence-electron chi connectivity index (χ4n) is 10.5. The quantitative estimate of drug-likeness (QED) is 0.0743. The van der Waals surface area contributed by atoms with Crippen molar-refractivity contribution in [3.8, 4) is 12.1 Å². The molecule has 0 spiro atoms. The zero-order valence-electron chi connectivity index (χ0n) is 38.4. The highest BCUT2D eigenvalue weighted by molar-refractivity contribution is 5.49. The molecule has 4 aromatic carbocycles. The number of aryl methyl sites for hydroxylation is 2. The zero-order valence-corrected chi connectivity index (χ0v) is 38.4. The number of hydrogen-bond donors (Lipinski definition) is 0. The Bertz CT molecular complexity index is 1840. The van der Waals surface area contributed by atoms with E-state index >= 15 is 0 Å². The third kappa shape index (κ3) is 12.9. The molecule has 3 heteroatoms. The Hall–Kier alpha value is -4.18. The molecule has 6 rings (SSSR count). The summed E-state index contributed by atoms with van der Waals surface area (Å²) < 4.78 is 7.54. The highest BCUT2D eigenvalue weighted by atomic mass is 16.5. The minimum absolute atomic E-state index is 0.492. The van der Waals surface area contributed by atoms with Crippen molar-refractivity contribution in [2.24, 2.45) is 11.8 Å². The van der Waals surface area contributed by atoms with Crippen molar-refractivity contribution < 1.29 is 4.74 Å². The van der Waals surface area contributed by atoms with Gasteiger partial charge in [-0.15, -0.1) is 0 Å². The van der Waals surface area contributed by atoms with Gasteiger partial charge in [0.2, 0.25) is 0 Å². The molecule has 0 saturated heterocycles. The molecular formula is C58H76N2O. The number of nitriles is 2. The summed E-state index contributed by atoms with van der Waals surface area (Å²) in [4.78, 5) is 0. The van der Waals surface area contributed by atoms with Crippen molar-refractivity contribution in [2.45, 2.75) is 193 Å². The van der Waals surface area contributed by atoms with Crippen molar-refractivity contribution in [3.63, 3.8) is 0 Å². The molecular weight excluding hydrogens is 741 g/mol. The SMILES string of the molecule is CCCCCCCc1ccc(C(OC(c2ccc(CCCCCCC)cc2)c2ccc(C3CCC(CC)CC3)cc2C#N)c2ccc(C3CCC(CC)CC3)cc2C#N)cc1. The third-order valence-corrected chi connectivity index (χ3v) is 14.7. The first kappa shape index (κ1) is 46.3. The summed E-state index contributed by atoms with van der Waals surface area (Å²) in [5.41, 5.74) is 10.5. The molecule has 0 heterocycles. The van der Waals surface area contributed by atoms with Crippen molar-refractivity contribution in [1.29, 1.82) is 10.5 Å². The van der Waals surface area contributed by atoms with Crippen LogP contribution < -0.4 is 0 Å². The van der Waals surface area contributed by atoms with Crippen molar-refractivity contribution >= 4 is 0 Å². The smallest absolute Gasteiger partial charge is 0.110 e. The van der Waals surface area contributed by atoms with Crippen LogP contribution in [0.15, 0.2) is 84.9 Å². The van der Waals surface area contributed by atoms with Crippen LogP contribution >= 0.6 is 0 Å². The Morgan fingerprint density at radius 3 is 1.20 bits per heavy atom. The minimum Gasteiger partial charge on any atom is -0.356 e. The summed E-state index contributed by atoms with van der Waals surface area (Å²) in [5.74, 6) is 2.63. The molecule has 0 bridgehead atoms. The number of nitrogens with zero attached hydrogens (tertiary/aromatic N) is 2. The van der Waals surface area contributed by atoms with Crippen LogP contribution in [-0.2, 0) is 17.6 Å². The van der Waals surface area contributed by atoms with Crippen LogP contribution in [0.1, 0.15) is 236 Å². The van der Waals surface area contributed by atoms with Crippen molar-refractivity contribution in [3.05, 3.63) is 141 Å². The van der Waals surface area contributed by atoms with Gasteiger partial charge < -0.3 is 4.74 Å². The number of benzene rings is 4. The molecule has 2 aliphatic carbocycles. The first-order valence-electron chi connectivity index (χ1n) is 24.9. The van der Waals surface area contributed by atoms with Crippen LogP contribution in [0.3, 0.4) is 0 Å². The molecule has 0 amide bonds. The maximum absolute atomic E-state index is 10.9. The standard InChI is InChI=1S/C58H76N2O/c1-5-9-11-13-15-17-45-23-31-49(32-24-45)57(55-37-35-51(39-53(55)41-59)47-27-19-43(7-3)20-28-47)61-58(50-33-25-46(26-34-50)18-16-14-12-10-6-2)56-38-36-52(40-54(56)42-60)48-29-21-44(8-4)22-30-48/h23-26,31-40,43-44,47-48,57-58H,5-22,27-30H2,1-4H3. The lowest BCUT2D eigenvalue weighted by molar-refractivity contribution is 0.0305. The molecule has 2 atom stereocenters. The molecule has 2 aliphatic rings. The van der Waals surface area contributed by atoms with Gasteiger partial charge in [0, 0.05) is 11.1 Å². The minimum atomic E-state index is -0.503. The highest BCUT2D eigenvalue weighted by Gasteiger charge is 2.30. The number of unbranched alkanes of at least 4 members (excludes halogenated alkanes) is 8. The molecule has 61 heavy (non-hydrogen) atoms. The summed E-state index contributed by atoms with van der Waals surface area (Å²) in [5, 5.41) is 21.7. The van der Waals surface area contributed by atoms with Gasteiger partial charge in [0.1, 0.15) is 12.2 Å². The van der Waals surface area contributed by atoms with Gasteiger partial charge in [0.15, 0.2) is 0 Å². The van der Waals surface area contributed by atoms with E-state index in [1.54, 1.807) is 0 Å². The van der Waals surface area contributed by atoms with E-state index in [1.165, 1.54) is 151 Å². The summed E-state index contributed by atoms with van der Waals surface area (Å²) in [7, 11) is 0. The van der Waals surface area contributed by atoms with Gasteiger partial charge >= 0.3 is 0 Å². The maximum atomic E-state index is 10.9. The van der Waals surface area contributed by atoms with Gasteiger partial charge in [-0.3, -0.25) is 0 Å². The van der Waals surface area contributed by atoms with Gasteiger partial charge in [0.05, 0.1) is 23.3 Å². The average molecular weight is 817 g/mol. The monoisotopic (exact) mass is 817 g/mol. The van der Waals surface area contributed by atoms with E-state index in [1.807, 2.05) is 0 Å². The largest absolute Gasteiger partial charge is 0.356 e. The number of rotatable bonds is 22. The molecule has 0 aliphatic heterocycles. The van der Waals surface area contributed by atoms with Crippen LogP contribution in [0, 0.1) is 34.5 Å². The fraction of sp³-hybridized carbons (Fsp3) is 0.552. The Labute approximate surface area is 371 Å². The predicted molar refractivity (Wildman–Crippen MR) is 255 cm³/mol. The van der Waals surface area contributed by atoms with E-state index < -0.39 is 12.2 Å². The van der Waals surface area contributed by atoms with Crippen LogP contribution in [0.2, 0.25) is 0 Å². The molecule has 3 nitrogen and oxygen atoms in total. The van der Waals surface area contributed by atoms with Gasteiger partial charge in [-0.2, -0.15) is 10.5 Å². The average Bonchev–Trinajstić information content (AvgIpc) is 3.32. The molecule has 2 fully saturated rings. The second kappa shape index (κ2) is 24.5. The van der Waals surface area contributed by atoms with E-state index in [-0.39, 0.29) is 0 Å². The fourth-order valence-corrected chi connectivity index (χ4v) is 10.5. The van der Waals surface area contributed by atoms with Crippen LogP contribution in [-0.4, -0.2) is 0 Å². The summed E-state index contributed by atoms with van der Waals surface area (Å²) in [6.45, 7) is 9.17. The maximum Gasteiger partial charge on any atom is 0.110 e. The van der Waals surface area contributed by atoms with E-state index in [0.29, 0.717) is 23.0 Å². The summed E-state index contributed by atoms with van der Waals surface area (Å²) in [6, 6.07) is 36.5. The molecule has 2 unspecified atom stereocenters. The lowest BCUT2D eigenvalue weighted by Crippen LogP contribution is -2.17. The Balaban J connectivity index is 1.38. The molecule has 4 aromatic rings. The normalized spacial score (nSPS) is 20.1. The number of ether oxygens (including phenoxy) is 1. The van der Waals surface area contributed by atoms with Crippen LogP contribution in [0.4, 0.5) is 0 Å². The molecule has 0 N–H and O–H groups in total. The number of hydrogen-bond acceptors (Lipinski definition) is 3. The second-order valence-corrected chi connectivity index (χ2v) is 18.9. The van der Waals surface area contributed by atoms with Crippen LogP contribution in [0.25, 0.3) is 0 Å². The van der Waals surface area contributed by atoms with Crippen molar-refractivity contribution in [1.82, 2.24) is 0 Å². The van der Waals surface area contributed by atoms with Crippen molar-refractivity contribution in [2.75, 3.05) is 0 Å². The molecule has 0 radical (unpaired) electrons. The van der Waals surface area contributed by atoms with E-state index in [9.17, 15) is 10.5 Å². The van der Waals surface area contributed by atoms with Crippen LogP contribution in [0.5, 0.6) is 0 Å². The lowest BCUT2D eigenvalue weighted by Gasteiger charge is -2.31. The van der Waals surface area contributed by atoms with E-state index in [4.69, 9.17) is 4.74 Å². The van der Waals surface area contributed by atoms with E-state index in [2.05, 4.69) is 125 Å². The lowest BCUT2D eigenvalue weighted by atomic mass is 9.77.